The van der Waals surface area contributed by atoms with Crippen LogP contribution in [0, 0.1) is 27.7 Å². The van der Waals surface area contributed by atoms with E-state index in [1.165, 1.54) is 11.1 Å². The van der Waals surface area contributed by atoms with Gasteiger partial charge in [0.05, 0.1) is 5.56 Å². The van der Waals surface area contributed by atoms with Crippen LogP contribution in [-0.4, -0.2) is 0 Å². The molecule has 0 aliphatic carbocycles. The maximum Gasteiger partial charge on any atom is 0.387 e. The van der Waals surface area contributed by atoms with Gasteiger partial charge in [0, 0.05) is 35.2 Å². The van der Waals surface area contributed by atoms with Gasteiger partial charge in [0.25, 0.3) is 0 Å². The highest BCUT2D eigenvalue weighted by Crippen LogP contribution is 2.34. The minimum absolute atomic E-state index is 0.295. The Bertz CT molecular complexity index is 1430. The number of rotatable bonds is 3. The largest absolute Gasteiger partial charge is 0.456 e. The number of para-hydroxylation sites is 1. The summed E-state index contributed by atoms with van der Waals surface area (Å²) in [5.74, 6) is 2.21. The third-order valence-corrected chi connectivity index (χ3v) is 6.26. The number of oxazole rings is 1. The molecule has 156 valence electrons. The van der Waals surface area contributed by atoms with Crippen molar-refractivity contribution < 1.29 is 13.4 Å². The zero-order chi connectivity index (χ0) is 21.9. The molecule has 2 aromatic heterocycles. The summed E-state index contributed by atoms with van der Waals surface area (Å²) in [5, 5.41) is 2.26. The van der Waals surface area contributed by atoms with E-state index in [9.17, 15) is 0 Å². The van der Waals surface area contributed by atoms with E-state index in [4.69, 9.17) is 8.83 Å². The Hall–Kier alpha value is -3.33. The van der Waals surface area contributed by atoms with Crippen LogP contribution >= 0.6 is 0 Å². The standard InChI is InChI=1S/C28H28NO2/c1-16(2)27-20(6)29(28(31-27)26-17(3)10-9-11-18(26)4)23-15-22-21-12-7-8-13-24(21)30-25(22)14-19(23)5/h7-16H,1-6H3/q+1. The molecule has 0 N–H and O–H groups in total. The molecule has 2 heterocycles. The molecule has 0 radical (unpaired) electrons. The van der Waals surface area contributed by atoms with Crippen LogP contribution in [0.25, 0.3) is 39.1 Å². The summed E-state index contributed by atoms with van der Waals surface area (Å²) < 4.78 is 15.0. The van der Waals surface area contributed by atoms with Gasteiger partial charge in [-0.15, -0.1) is 4.57 Å². The predicted molar refractivity (Wildman–Crippen MR) is 126 cm³/mol. The second-order valence-electron chi connectivity index (χ2n) is 8.85. The zero-order valence-corrected chi connectivity index (χ0v) is 19.0. The highest BCUT2D eigenvalue weighted by Gasteiger charge is 2.33. The van der Waals surface area contributed by atoms with Crippen molar-refractivity contribution in [2.24, 2.45) is 0 Å². The second-order valence-corrected chi connectivity index (χ2v) is 8.85. The zero-order valence-electron chi connectivity index (χ0n) is 19.0. The lowest BCUT2D eigenvalue weighted by Crippen LogP contribution is -2.35. The number of aromatic nitrogens is 1. The molecule has 0 atom stereocenters. The first-order valence-corrected chi connectivity index (χ1v) is 10.9. The van der Waals surface area contributed by atoms with Crippen LogP contribution in [0.15, 0.2) is 63.4 Å². The van der Waals surface area contributed by atoms with Crippen molar-refractivity contribution in [3.63, 3.8) is 0 Å². The van der Waals surface area contributed by atoms with Gasteiger partial charge in [-0.1, -0.05) is 50.2 Å². The molecule has 0 saturated carbocycles. The SMILES string of the molecule is Cc1cc2oc3ccccc3c2cc1-[n+]1c(-c2c(C)cccc2C)oc(C(C)C)c1C. The summed E-state index contributed by atoms with van der Waals surface area (Å²) in [4.78, 5) is 0. The van der Waals surface area contributed by atoms with E-state index in [-0.39, 0.29) is 0 Å². The van der Waals surface area contributed by atoms with Crippen LogP contribution in [0.2, 0.25) is 0 Å². The average Bonchev–Trinajstić information content (AvgIpc) is 3.24. The second kappa shape index (κ2) is 7.12. The monoisotopic (exact) mass is 410 g/mol. The highest BCUT2D eigenvalue weighted by molar-refractivity contribution is 6.05. The lowest BCUT2D eigenvalue weighted by atomic mass is 10.0. The highest BCUT2D eigenvalue weighted by atomic mass is 16.4. The van der Waals surface area contributed by atoms with Crippen molar-refractivity contribution in [1.82, 2.24) is 0 Å². The molecule has 0 fully saturated rings. The van der Waals surface area contributed by atoms with E-state index in [2.05, 4.69) is 88.6 Å². The van der Waals surface area contributed by atoms with Crippen molar-refractivity contribution in [3.05, 3.63) is 82.7 Å². The molecule has 0 bridgehead atoms. The lowest BCUT2D eigenvalue weighted by molar-refractivity contribution is -0.593. The van der Waals surface area contributed by atoms with Crippen molar-refractivity contribution >= 4 is 21.9 Å². The van der Waals surface area contributed by atoms with Gasteiger partial charge in [0.1, 0.15) is 11.2 Å². The molecule has 0 saturated heterocycles. The third kappa shape index (κ3) is 2.99. The topological polar surface area (TPSA) is 30.2 Å². The molecule has 0 spiro atoms. The molecule has 0 amide bonds. The van der Waals surface area contributed by atoms with Gasteiger partial charge in [-0.25, -0.2) is 0 Å². The fraction of sp³-hybridized carbons (Fsp3) is 0.250. The summed E-state index contributed by atoms with van der Waals surface area (Å²) in [6, 6.07) is 19.0. The normalized spacial score (nSPS) is 11.8. The Morgan fingerprint density at radius 2 is 1.42 bits per heavy atom. The maximum absolute atomic E-state index is 6.58. The summed E-state index contributed by atoms with van der Waals surface area (Å²) in [5.41, 5.74) is 8.85. The smallest absolute Gasteiger partial charge is 0.387 e. The van der Waals surface area contributed by atoms with Gasteiger partial charge in [0.15, 0.2) is 5.76 Å². The van der Waals surface area contributed by atoms with Gasteiger partial charge in [-0.3, -0.25) is 0 Å². The first kappa shape index (κ1) is 19.6. The molecule has 0 aliphatic heterocycles. The van der Waals surface area contributed by atoms with Crippen LogP contribution in [0.5, 0.6) is 0 Å². The summed E-state index contributed by atoms with van der Waals surface area (Å²) in [6.45, 7) is 13.0. The van der Waals surface area contributed by atoms with Gasteiger partial charge < -0.3 is 8.83 Å². The summed E-state index contributed by atoms with van der Waals surface area (Å²) >= 11 is 0. The molecule has 5 rings (SSSR count). The van der Waals surface area contributed by atoms with Crippen LogP contribution in [0.3, 0.4) is 0 Å². The van der Waals surface area contributed by atoms with Gasteiger partial charge in [-0.2, -0.15) is 0 Å². The van der Waals surface area contributed by atoms with E-state index in [0.29, 0.717) is 5.92 Å². The van der Waals surface area contributed by atoms with Crippen molar-refractivity contribution in [3.8, 4) is 17.1 Å². The number of hydrogen-bond acceptors (Lipinski definition) is 2. The number of furan rings is 1. The molecule has 0 unspecified atom stereocenters. The van der Waals surface area contributed by atoms with Crippen LogP contribution in [-0.2, 0) is 0 Å². The number of benzene rings is 3. The Labute approximate surface area is 182 Å². The predicted octanol–water partition coefficient (Wildman–Crippen LogP) is 7.48. The van der Waals surface area contributed by atoms with E-state index in [1.807, 2.05) is 12.1 Å². The Kier molecular flexibility index (Phi) is 4.51. The average molecular weight is 411 g/mol. The number of aryl methyl sites for hydroxylation is 3. The Morgan fingerprint density at radius 3 is 2.13 bits per heavy atom. The lowest BCUT2D eigenvalue weighted by Gasteiger charge is -2.06. The van der Waals surface area contributed by atoms with E-state index in [0.717, 1.165) is 56.1 Å². The molecule has 0 aliphatic rings. The molecular formula is C28H28NO2+. The third-order valence-electron chi connectivity index (χ3n) is 6.26. The minimum Gasteiger partial charge on any atom is -0.456 e. The molecule has 3 nitrogen and oxygen atoms in total. The van der Waals surface area contributed by atoms with Crippen molar-refractivity contribution in [2.75, 3.05) is 0 Å². The van der Waals surface area contributed by atoms with Crippen molar-refractivity contribution in [2.45, 2.75) is 47.5 Å². The molecule has 31 heavy (non-hydrogen) atoms. The van der Waals surface area contributed by atoms with E-state index in [1.54, 1.807) is 0 Å². The van der Waals surface area contributed by atoms with E-state index < -0.39 is 0 Å². The quantitative estimate of drug-likeness (QED) is 0.289. The summed E-state index contributed by atoms with van der Waals surface area (Å²) in [7, 11) is 0. The molecular weight excluding hydrogens is 382 g/mol. The Morgan fingerprint density at radius 1 is 0.710 bits per heavy atom. The number of hydrogen-bond donors (Lipinski definition) is 0. The van der Waals surface area contributed by atoms with Gasteiger partial charge >= 0.3 is 5.89 Å². The number of nitrogens with zero attached hydrogens (tertiary/aromatic N) is 1. The first-order chi connectivity index (χ1) is 14.9. The molecule has 3 heteroatoms. The van der Waals surface area contributed by atoms with Crippen LogP contribution < -0.4 is 4.57 Å². The van der Waals surface area contributed by atoms with Gasteiger partial charge in [0.2, 0.25) is 11.4 Å². The minimum atomic E-state index is 0.295. The maximum atomic E-state index is 6.58. The van der Waals surface area contributed by atoms with Crippen LogP contribution in [0.1, 0.15) is 47.9 Å². The van der Waals surface area contributed by atoms with Gasteiger partial charge in [-0.05, 0) is 44.0 Å². The number of fused-ring (bicyclic) bond motifs is 3. The van der Waals surface area contributed by atoms with Crippen LogP contribution in [0.4, 0.5) is 0 Å². The van der Waals surface area contributed by atoms with Crippen molar-refractivity contribution in [1.29, 1.82) is 0 Å². The molecule has 5 aromatic rings. The van der Waals surface area contributed by atoms with E-state index >= 15 is 0 Å². The Balaban J connectivity index is 1.87. The fourth-order valence-electron chi connectivity index (χ4n) is 4.73. The fourth-order valence-corrected chi connectivity index (χ4v) is 4.73. The molecule has 3 aromatic carbocycles. The summed E-state index contributed by atoms with van der Waals surface area (Å²) in [6.07, 6.45) is 0. The first-order valence-electron chi connectivity index (χ1n) is 10.9.